The lowest BCUT2D eigenvalue weighted by Crippen LogP contribution is -2.37. The largest absolute Gasteiger partial charge is 0.459 e. The van der Waals surface area contributed by atoms with Crippen LogP contribution in [-0.2, 0) is 0 Å². The molecule has 29 heavy (non-hydrogen) atoms. The number of halogens is 1. The fourth-order valence-corrected chi connectivity index (χ4v) is 3.75. The van der Waals surface area contributed by atoms with Gasteiger partial charge < -0.3 is 15.4 Å². The van der Waals surface area contributed by atoms with Crippen LogP contribution in [0, 0.1) is 0 Å². The molecule has 2 atom stereocenters. The third-order valence-corrected chi connectivity index (χ3v) is 5.45. The van der Waals surface area contributed by atoms with E-state index in [1.807, 2.05) is 30.5 Å². The van der Waals surface area contributed by atoms with Gasteiger partial charge in [0.15, 0.2) is 5.65 Å². The topological polar surface area (TPSA) is 76.4 Å². The highest BCUT2D eigenvalue weighted by Gasteiger charge is 2.21. The molecular weight excluding hydrogens is 388 g/mol. The summed E-state index contributed by atoms with van der Waals surface area (Å²) < 4.78 is 7.88. The predicted octanol–water partition coefficient (Wildman–Crippen LogP) is 4.21. The van der Waals surface area contributed by atoms with Gasteiger partial charge in [-0.3, -0.25) is 0 Å². The molecule has 0 radical (unpaired) electrons. The molecule has 1 aliphatic rings. The molecule has 154 valence electrons. The summed E-state index contributed by atoms with van der Waals surface area (Å²) in [5.74, 6) is 0.901. The van der Waals surface area contributed by atoms with Crippen LogP contribution in [0.1, 0.15) is 56.7 Å². The van der Waals surface area contributed by atoms with Gasteiger partial charge in [0.1, 0.15) is 6.10 Å². The minimum absolute atomic E-state index is 0.0114. The van der Waals surface area contributed by atoms with Crippen LogP contribution in [-0.4, -0.2) is 38.8 Å². The molecule has 4 rings (SSSR count). The summed E-state index contributed by atoms with van der Waals surface area (Å²) >= 11 is 6.16. The SMILES string of the molecule is CC(C)c1cnn2c(N[C@@H](C)c3cccc(Cl)c3)nc(O[C@@H]3CCCNC3)nc12. The van der Waals surface area contributed by atoms with E-state index < -0.39 is 0 Å². The van der Waals surface area contributed by atoms with E-state index in [9.17, 15) is 0 Å². The normalized spacial score (nSPS) is 18.2. The lowest BCUT2D eigenvalue weighted by atomic mass is 10.1. The molecule has 8 heteroatoms. The first kappa shape index (κ1) is 19.9. The van der Waals surface area contributed by atoms with Gasteiger partial charge in [0.05, 0.1) is 12.2 Å². The number of piperidine rings is 1. The average molecular weight is 415 g/mol. The van der Waals surface area contributed by atoms with Crippen LogP contribution in [0.25, 0.3) is 5.65 Å². The second kappa shape index (κ2) is 8.55. The Hall–Kier alpha value is -2.38. The number of anilines is 1. The van der Waals surface area contributed by atoms with E-state index in [-0.39, 0.29) is 12.1 Å². The number of benzene rings is 1. The number of hydrogen-bond donors (Lipinski definition) is 2. The minimum Gasteiger partial charge on any atom is -0.459 e. The number of nitrogens with one attached hydrogen (secondary N) is 2. The van der Waals surface area contributed by atoms with E-state index in [4.69, 9.17) is 16.3 Å². The first-order valence-corrected chi connectivity index (χ1v) is 10.5. The lowest BCUT2D eigenvalue weighted by molar-refractivity contribution is 0.153. The second-order valence-electron chi connectivity index (χ2n) is 7.83. The third-order valence-electron chi connectivity index (χ3n) is 5.21. The van der Waals surface area contributed by atoms with Gasteiger partial charge in [0.25, 0.3) is 0 Å². The monoisotopic (exact) mass is 414 g/mol. The third kappa shape index (κ3) is 4.46. The second-order valence-corrected chi connectivity index (χ2v) is 8.26. The van der Waals surface area contributed by atoms with Crippen molar-refractivity contribution in [1.82, 2.24) is 24.9 Å². The van der Waals surface area contributed by atoms with Crippen LogP contribution in [0.5, 0.6) is 6.01 Å². The number of hydrogen-bond acceptors (Lipinski definition) is 6. The molecule has 1 fully saturated rings. The summed E-state index contributed by atoms with van der Waals surface area (Å²) in [7, 11) is 0. The van der Waals surface area contributed by atoms with Crippen LogP contribution >= 0.6 is 11.6 Å². The highest BCUT2D eigenvalue weighted by Crippen LogP contribution is 2.26. The number of rotatable bonds is 6. The molecule has 1 aliphatic heterocycles. The first-order valence-electron chi connectivity index (χ1n) is 10.2. The van der Waals surface area contributed by atoms with Gasteiger partial charge in [-0.25, -0.2) is 0 Å². The average Bonchev–Trinajstić information content (AvgIpc) is 3.13. The lowest BCUT2D eigenvalue weighted by Gasteiger charge is -2.23. The van der Waals surface area contributed by atoms with E-state index in [1.165, 1.54) is 0 Å². The molecule has 1 saturated heterocycles. The van der Waals surface area contributed by atoms with E-state index in [1.54, 1.807) is 4.52 Å². The highest BCUT2D eigenvalue weighted by atomic mass is 35.5. The number of nitrogens with zero attached hydrogens (tertiary/aromatic N) is 4. The molecule has 7 nitrogen and oxygen atoms in total. The molecule has 2 N–H and O–H groups in total. The molecule has 0 bridgehead atoms. The van der Waals surface area contributed by atoms with Crippen LogP contribution < -0.4 is 15.4 Å². The Morgan fingerprint density at radius 1 is 1.28 bits per heavy atom. The van der Waals surface area contributed by atoms with Crippen LogP contribution in [0.2, 0.25) is 5.02 Å². The zero-order chi connectivity index (χ0) is 20.4. The zero-order valence-electron chi connectivity index (χ0n) is 17.0. The molecule has 3 aromatic rings. The van der Waals surface area contributed by atoms with Crippen molar-refractivity contribution in [2.24, 2.45) is 0 Å². The molecular formula is C21H27ClN6O. The summed E-state index contributed by atoms with van der Waals surface area (Å²) in [6.45, 7) is 8.17. The highest BCUT2D eigenvalue weighted by molar-refractivity contribution is 6.30. The predicted molar refractivity (Wildman–Crippen MR) is 115 cm³/mol. The Morgan fingerprint density at radius 2 is 2.14 bits per heavy atom. The van der Waals surface area contributed by atoms with Crippen LogP contribution in [0.3, 0.4) is 0 Å². The Labute approximate surface area is 175 Å². The van der Waals surface area contributed by atoms with E-state index >= 15 is 0 Å². The molecule has 0 saturated carbocycles. The smallest absolute Gasteiger partial charge is 0.322 e. The van der Waals surface area contributed by atoms with Gasteiger partial charge in [0, 0.05) is 17.1 Å². The molecule has 1 aromatic carbocycles. The van der Waals surface area contributed by atoms with Gasteiger partial charge in [-0.15, -0.1) is 0 Å². The van der Waals surface area contributed by atoms with Crippen molar-refractivity contribution in [2.45, 2.75) is 51.7 Å². The summed E-state index contributed by atoms with van der Waals surface area (Å²) in [4.78, 5) is 9.33. The van der Waals surface area contributed by atoms with E-state index in [2.05, 4.69) is 46.5 Å². The number of ether oxygens (including phenoxy) is 1. The molecule has 3 heterocycles. The van der Waals surface area contributed by atoms with Crippen LogP contribution in [0.4, 0.5) is 5.95 Å². The molecule has 2 aromatic heterocycles. The van der Waals surface area contributed by atoms with E-state index in [0.717, 1.165) is 42.7 Å². The number of fused-ring (bicyclic) bond motifs is 1. The van der Waals surface area contributed by atoms with Gasteiger partial charge in [-0.1, -0.05) is 37.6 Å². The Kier molecular flexibility index (Phi) is 5.87. The standard InChI is InChI=1S/C21H27ClN6O/c1-13(2)18-12-24-28-19(18)26-21(29-17-8-5-9-23-11-17)27-20(28)25-14(3)15-6-4-7-16(22)10-15/h4,6-7,10,12-14,17,23H,5,8-9,11H2,1-3H3,(H,25,26,27)/t14-,17+/m0/s1. The van der Waals surface area contributed by atoms with Crippen molar-refractivity contribution in [3.05, 3.63) is 46.6 Å². The van der Waals surface area contributed by atoms with Crippen molar-refractivity contribution in [3.8, 4) is 6.01 Å². The van der Waals surface area contributed by atoms with Gasteiger partial charge in [-0.2, -0.15) is 19.6 Å². The first-order chi connectivity index (χ1) is 14.0. The van der Waals surface area contributed by atoms with Gasteiger partial charge in [-0.05, 0) is 49.9 Å². The Balaban J connectivity index is 1.68. The maximum absolute atomic E-state index is 6.16. The van der Waals surface area contributed by atoms with Crippen molar-refractivity contribution in [2.75, 3.05) is 18.4 Å². The quantitative estimate of drug-likeness (QED) is 0.629. The zero-order valence-corrected chi connectivity index (χ0v) is 17.8. The molecule has 0 spiro atoms. The van der Waals surface area contributed by atoms with Crippen molar-refractivity contribution in [3.63, 3.8) is 0 Å². The van der Waals surface area contributed by atoms with Crippen molar-refractivity contribution in [1.29, 1.82) is 0 Å². The maximum atomic E-state index is 6.16. The Morgan fingerprint density at radius 3 is 2.86 bits per heavy atom. The fourth-order valence-electron chi connectivity index (χ4n) is 3.55. The molecule has 0 unspecified atom stereocenters. The van der Waals surface area contributed by atoms with Gasteiger partial charge in [0.2, 0.25) is 5.95 Å². The van der Waals surface area contributed by atoms with Gasteiger partial charge >= 0.3 is 6.01 Å². The number of aromatic nitrogens is 4. The molecule has 0 amide bonds. The van der Waals surface area contributed by atoms with Crippen LogP contribution in [0.15, 0.2) is 30.5 Å². The molecule has 0 aliphatic carbocycles. The van der Waals surface area contributed by atoms with Crippen molar-refractivity contribution < 1.29 is 4.74 Å². The summed E-state index contributed by atoms with van der Waals surface area (Å²) in [6, 6.07) is 8.17. The summed E-state index contributed by atoms with van der Waals surface area (Å²) in [5, 5.41) is 12.1. The Bertz CT molecular complexity index is 982. The summed E-state index contributed by atoms with van der Waals surface area (Å²) in [6.07, 6.45) is 4.03. The summed E-state index contributed by atoms with van der Waals surface area (Å²) in [5.41, 5.74) is 2.91. The van der Waals surface area contributed by atoms with Crippen molar-refractivity contribution >= 4 is 23.2 Å². The van der Waals surface area contributed by atoms with E-state index in [0.29, 0.717) is 22.9 Å². The maximum Gasteiger partial charge on any atom is 0.322 e. The fraction of sp³-hybridized carbons (Fsp3) is 0.476. The minimum atomic E-state index is -0.0114.